The number of aromatic nitrogens is 3. The zero-order valence-electron chi connectivity index (χ0n) is 11.9. The second kappa shape index (κ2) is 5.26. The number of fused-ring (bicyclic) bond motifs is 1. The van der Waals surface area contributed by atoms with Crippen LogP contribution in [0.25, 0.3) is 11.0 Å². The van der Waals surface area contributed by atoms with Crippen molar-refractivity contribution in [1.82, 2.24) is 14.8 Å². The molecule has 0 radical (unpaired) electrons. The van der Waals surface area contributed by atoms with Crippen LogP contribution in [0.2, 0.25) is 5.02 Å². The molecule has 3 rings (SSSR count). The fourth-order valence-electron chi connectivity index (χ4n) is 2.21. The van der Waals surface area contributed by atoms with Gasteiger partial charge in [0.1, 0.15) is 0 Å². The Kier molecular flexibility index (Phi) is 3.54. The topological polar surface area (TPSA) is 76.9 Å². The summed E-state index contributed by atoms with van der Waals surface area (Å²) in [5.41, 5.74) is 1.86. The van der Waals surface area contributed by atoms with E-state index in [-0.39, 0.29) is 4.90 Å². The Morgan fingerprint density at radius 3 is 2.77 bits per heavy atom. The van der Waals surface area contributed by atoms with Crippen LogP contribution in [0.15, 0.2) is 41.4 Å². The molecule has 3 aromatic rings. The number of anilines is 1. The van der Waals surface area contributed by atoms with Gasteiger partial charge < -0.3 is 0 Å². The number of pyridine rings is 1. The number of hydrogen-bond acceptors (Lipinski definition) is 4. The van der Waals surface area contributed by atoms with Gasteiger partial charge in [0.25, 0.3) is 10.0 Å². The van der Waals surface area contributed by atoms with E-state index in [0.29, 0.717) is 16.4 Å². The molecule has 6 nitrogen and oxygen atoms in total. The Balaban J connectivity index is 2.00. The van der Waals surface area contributed by atoms with Crippen molar-refractivity contribution in [3.63, 3.8) is 0 Å². The van der Waals surface area contributed by atoms with E-state index in [0.717, 1.165) is 11.1 Å². The number of nitrogens with one attached hydrogen (secondary N) is 1. The average molecular weight is 337 g/mol. The van der Waals surface area contributed by atoms with E-state index in [1.54, 1.807) is 29.9 Å². The van der Waals surface area contributed by atoms with Gasteiger partial charge in [-0.3, -0.25) is 9.40 Å². The predicted molar refractivity (Wildman–Crippen MR) is 85.5 cm³/mol. The van der Waals surface area contributed by atoms with Gasteiger partial charge in [0.2, 0.25) is 0 Å². The minimum Gasteiger partial charge on any atom is -0.278 e. The number of halogens is 1. The van der Waals surface area contributed by atoms with Gasteiger partial charge >= 0.3 is 0 Å². The summed E-state index contributed by atoms with van der Waals surface area (Å²) in [5, 5.41) is 5.42. The molecule has 0 saturated carbocycles. The van der Waals surface area contributed by atoms with Crippen molar-refractivity contribution in [1.29, 1.82) is 0 Å². The molecule has 1 aromatic carbocycles. The lowest BCUT2D eigenvalue weighted by molar-refractivity contribution is 0.601. The quantitative estimate of drug-likeness (QED) is 0.797. The Morgan fingerprint density at radius 2 is 2.05 bits per heavy atom. The second-order valence-corrected chi connectivity index (χ2v) is 6.99. The Bertz CT molecular complexity index is 966. The molecule has 0 unspecified atom stereocenters. The summed E-state index contributed by atoms with van der Waals surface area (Å²) in [4.78, 5) is 4.34. The van der Waals surface area contributed by atoms with Gasteiger partial charge in [-0.05, 0) is 31.2 Å². The molecule has 0 aliphatic carbocycles. The van der Waals surface area contributed by atoms with Crippen LogP contribution in [0.4, 0.5) is 5.69 Å². The first-order chi connectivity index (χ1) is 10.4. The van der Waals surface area contributed by atoms with E-state index in [9.17, 15) is 8.42 Å². The first-order valence-electron chi connectivity index (χ1n) is 6.44. The zero-order chi connectivity index (χ0) is 15.9. The normalized spacial score (nSPS) is 11.8. The smallest absolute Gasteiger partial charge is 0.261 e. The van der Waals surface area contributed by atoms with Crippen molar-refractivity contribution in [3.05, 3.63) is 47.2 Å². The monoisotopic (exact) mass is 336 g/mol. The Hall–Kier alpha value is -2.12. The van der Waals surface area contributed by atoms with Gasteiger partial charge in [-0.25, -0.2) is 13.4 Å². The lowest BCUT2D eigenvalue weighted by Gasteiger charge is -2.08. The predicted octanol–water partition coefficient (Wildman–Crippen LogP) is 2.73. The second-order valence-electron chi connectivity index (χ2n) is 4.87. The lowest BCUT2D eigenvalue weighted by atomic mass is 10.3. The molecule has 8 heteroatoms. The fourth-order valence-corrected chi connectivity index (χ4v) is 3.55. The Labute approximate surface area is 132 Å². The maximum Gasteiger partial charge on any atom is 0.261 e. The van der Waals surface area contributed by atoms with E-state index in [1.807, 2.05) is 6.92 Å². The molecule has 0 bridgehead atoms. The van der Waals surface area contributed by atoms with Crippen molar-refractivity contribution in [2.75, 3.05) is 4.72 Å². The zero-order valence-corrected chi connectivity index (χ0v) is 13.5. The molecule has 0 aliphatic heterocycles. The summed E-state index contributed by atoms with van der Waals surface area (Å²) in [5.74, 6) is 0. The third-order valence-electron chi connectivity index (χ3n) is 3.22. The minimum absolute atomic E-state index is 0.100. The van der Waals surface area contributed by atoms with Crippen LogP contribution in [0.5, 0.6) is 0 Å². The molecule has 1 N–H and O–H groups in total. The van der Waals surface area contributed by atoms with Crippen molar-refractivity contribution in [3.8, 4) is 0 Å². The van der Waals surface area contributed by atoms with Gasteiger partial charge in [0, 0.05) is 17.5 Å². The third-order valence-corrected chi connectivity index (χ3v) is 4.84. The first-order valence-corrected chi connectivity index (χ1v) is 8.31. The van der Waals surface area contributed by atoms with E-state index >= 15 is 0 Å². The van der Waals surface area contributed by atoms with Crippen LogP contribution in [-0.4, -0.2) is 23.2 Å². The van der Waals surface area contributed by atoms with Crippen molar-refractivity contribution >= 4 is 38.3 Å². The lowest BCUT2D eigenvalue weighted by Crippen LogP contribution is -2.13. The summed E-state index contributed by atoms with van der Waals surface area (Å²) in [7, 11) is -1.92. The van der Waals surface area contributed by atoms with Gasteiger partial charge in [-0.1, -0.05) is 17.7 Å². The highest BCUT2D eigenvalue weighted by Crippen LogP contribution is 2.22. The van der Waals surface area contributed by atoms with Crippen LogP contribution in [0.3, 0.4) is 0 Å². The third kappa shape index (κ3) is 2.65. The van der Waals surface area contributed by atoms with E-state index in [2.05, 4.69) is 14.8 Å². The number of benzene rings is 1. The van der Waals surface area contributed by atoms with Crippen molar-refractivity contribution < 1.29 is 8.42 Å². The summed E-state index contributed by atoms with van der Waals surface area (Å²) in [6.45, 7) is 1.85. The molecule has 0 saturated heterocycles. The maximum absolute atomic E-state index is 12.4. The molecule has 22 heavy (non-hydrogen) atoms. The standard InChI is InChI=1S/C14H13ClN4O2S/c1-9-13-7-11(8-16-14(13)19(2)17-9)18-22(20,21)12-5-3-4-10(15)6-12/h3-8,18H,1-2H3. The molecule has 2 aromatic heterocycles. The highest BCUT2D eigenvalue weighted by atomic mass is 35.5. The SMILES string of the molecule is Cc1nn(C)c2ncc(NS(=O)(=O)c3cccc(Cl)c3)cc12. The summed E-state index contributed by atoms with van der Waals surface area (Å²) < 4.78 is 28.9. The number of sulfonamides is 1. The molecular weight excluding hydrogens is 324 g/mol. The molecule has 0 fully saturated rings. The van der Waals surface area contributed by atoms with Crippen molar-refractivity contribution in [2.45, 2.75) is 11.8 Å². The highest BCUT2D eigenvalue weighted by Gasteiger charge is 2.16. The van der Waals surface area contributed by atoms with E-state index in [4.69, 9.17) is 11.6 Å². The van der Waals surface area contributed by atoms with Crippen LogP contribution >= 0.6 is 11.6 Å². The number of hydrogen-bond donors (Lipinski definition) is 1. The number of aryl methyl sites for hydroxylation is 2. The summed E-state index contributed by atoms with van der Waals surface area (Å²) >= 11 is 5.84. The van der Waals surface area contributed by atoms with Crippen LogP contribution in [0, 0.1) is 6.92 Å². The van der Waals surface area contributed by atoms with Crippen LogP contribution in [0.1, 0.15) is 5.69 Å². The molecule has 0 amide bonds. The van der Waals surface area contributed by atoms with Gasteiger partial charge in [0.05, 0.1) is 22.5 Å². The Morgan fingerprint density at radius 1 is 1.27 bits per heavy atom. The first kappa shape index (κ1) is 14.8. The van der Waals surface area contributed by atoms with Gasteiger partial charge in [-0.2, -0.15) is 5.10 Å². The molecule has 0 aliphatic rings. The van der Waals surface area contributed by atoms with Crippen LogP contribution < -0.4 is 4.72 Å². The van der Waals surface area contributed by atoms with Crippen LogP contribution in [-0.2, 0) is 17.1 Å². The van der Waals surface area contributed by atoms with E-state index in [1.165, 1.54) is 18.3 Å². The highest BCUT2D eigenvalue weighted by molar-refractivity contribution is 7.92. The number of rotatable bonds is 3. The fraction of sp³-hybridized carbons (Fsp3) is 0.143. The average Bonchev–Trinajstić information content (AvgIpc) is 2.73. The molecule has 114 valence electrons. The molecular formula is C14H13ClN4O2S. The summed E-state index contributed by atoms with van der Waals surface area (Å²) in [6, 6.07) is 7.80. The largest absolute Gasteiger partial charge is 0.278 e. The summed E-state index contributed by atoms with van der Waals surface area (Å²) in [6.07, 6.45) is 1.46. The van der Waals surface area contributed by atoms with Gasteiger partial charge in [0.15, 0.2) is 5.65 Å². The molecule has 2 heterocycles. The maximum atomic E-state index is 12.4. The van der Waals surface area contributed by atoms with Gasteiger partial charge in [-0.15, -0.1) is 0 Å². The molecule has 0 spiro atoms. The number of nitrogens with zero attached hydrogens (tertiary/aromatic N) is 3. The van der Waals surface area contributed by atoms with Crippen molar-refractivity contribution in [2.24, 2.45) is 7.05 Å². The minimum atomic E-state index is -3.71. The van der Waals surface area contributed by atoms with E-state index < -0.39 is 10.0 Å². The molecule has 0 atom stereocenters.